The van der Waals surface area contributed by atoms with Gasteiger partial charge in [0.2, 0.25) is 0 Å². The van der Waals surface area contributed by atoms with E-state index in [0.717, 1.165) is 10.9 Å². The highest BCUT2D eigenvalue weighted by Gasteiger charge is 2.21. The Morgan fingerprint density at radius 3 is 2.63 bits per heavy atom. The van der Waals surface area contributed by atoms with Crippen LogP contribution < -0.4 is 16.1 Å². The van der Waals surface area contributed by atoms with Crippen molar-refractivity contribution >= 4 is 22.7 Å². The second-order valence-corrected chi connectivity index (χ2v) is 7.57. The van der Waals surface area contributed by atoms with Gasteiger partial charge in [-0.05, 0) is 34.7 Å². The molecule has 158 valence electrons. The molecule has 2 aromatic carbocycles. The summed E-state index contributed by atoms with van der Waals surface area (Å²) in [4.78, 5) is 23.8. The monoisotopic (exact) mass is 410 g/mol. The third-order valence-corrected chi connectivity index (χ3v) is 4.61. The predicted octanol–water partition coefficient (Wildman–Crippen LogP) is 2.20. The maximum atomic E-state index is 12.1. The van der Waals surface area contributed by atoms with E-state index in [1.165, 1.54) is 5.39 Å². The quantitative estimate of drug-likeness (QED) is 0.335. The summed E-state index contributed by atoms with van der Waals surface area (Å²) in [6.45, 7) is 4.58. The second kappa shape index (κ2) is 9.84. The number of rotatable bonds is 8. The van der Waals surface area contributed by atoms with Crippen molar-refractivity contribution in [1.82, 2.24) is 31.1 Å². The van der Waals surface area contributed by atoms with Gasteiger partial charge < -0.3 is 10.6 Å². The van der Waals surface area contributed by atoms with Crippen LogP contribution in [0.5, 0.6) is 0 Å². The Balaban J connectivity index is 1.54. The third kappa shape index (κ3) is 5.77. The van der Waals surface area contributed by atoms with Crippen LogP contribution in [0.15, 0.2) is 48.7 Å². The fourth-order valence-electron chi connectivity index (χ4n) is 3.18. The molecule has 3 rings (SSSR count). The highest BCUT2D eigenvalue weighted by Crippen LogP contribution is 2.16. The van der Waals surface area contributed by atoms with Gasteiger partial charge in [-0.1, -0.05) is 55.5 Å². The normalized spacial score (nSPS) is 12.0. The number of carbonyl (C=O) groups excluding carboxylic acids is 2. The van der Waals surface area contributed by atoms with Crippen LogP contribution in [-0.4, -0.2) is 38.2 Å². The first kappa shape index (κ1) is 21.3. The lowest BCUT2D eigenvalue weighted by atomic mass is 10.0. The minimum absolute atomic E-state index is 0.165. The lowest BCUT2D eigenvalue weighted by Gasteiger charge is -2.18. The molecule has 0 spiro atoms. The van der Waals surface area contributed by atoms with Gasteiger partial charge in [0.1, 0.15) is 11.7 Å². The van der Waals surface area contributed by atoms with E-state index in [4.69, 9.17) is 5.21 Å². The molecule has 0 bridgehead atoms. The summed E-state index contributed by atoms with van der Waals surface area (Å²) in [6.07, 6.45) is 2.17. The number of hydrogen-bond acceptors (Lipinski definition) is 5. The first-order chi connectivity index (χ1) is 14.4. The summed E-state index contributed by atoms with van der Waals surface area (Å²) >= 11 is 0. The molecule has 1 atom stereocenters. The van der Waals surface area contributed by atoms with Gasteiger partial charge in [0, 0.05) is 0 Å². The Labute approximate surface area is 174 Å². The van der Waals surface area contributed by atoms with E-state index in [2.05, 4.69) is 51.3 Å². The molecule has 4 N–H and O–H groups in total. The largest absolute Gasteiger partial charge is 0.332 e. The summed E-state index contributed by atoms with van der Waals surface area (Å²) in [5, 5.41) is 24.6. The number of hydrogen-bond donors (Lipinski definition) is 4. The van der Waals surface area contributed by atoms with Gasteiger partial charge in [0.15, 0.2) is 0 Å². The summed E-state index contributed by atoms with van der Waals surface area (Å²) < 4.78 is 1.71. The molecule has 0 aliphatic heterocycles. The van der Waals surface area contributed by atoms with Crippen molar-refractivity contribution in [3.8, 4) is 0 Å². The molecular formula is C21H26N6O3. The van der Waals surface area contributed by atoms with E-state index in [-0.39, 0.29) is 12.5 Å². The van der Waals surface area contributed by atoms with Crippen LogP contribution in [0.25, 0.3) is 10.8 Å². The van der Waals surface area contributed by atoms with Crippen LogP contribution in [0, 0.1) is 5.92 Å². The number of carbonyl (C=O) groups is 2. The molecule has 0 aliphatic rings. The molecule has 9 heteroatoms. The highest BCUT2D eigenvalue weighted by atomic mass is 16.5. The maximum Gasteiger partial charge on any atom is 0.315 e. The van der Waals surface area contributed by atoms with Gasteiger partial charge >= 0.3 is 6.03 Å². The number of aromatic nitrogens is 3. The van der Waals surface area contributed by atoms with Crippen LogP contribution in [0.2, 0.25) is 0 Å². The number of amides is 3. The van der Waals surface area contributed by atoms with Crippen molar-refractivity contribution < 1.29 is 14.8 Å². The summed E-state index contributed by atoms with van der Waals surface area (Å²) in [7, 11) is 0. The van der Waals surface area contributed by atoms with Crippen LogP contribution >= 0.6 is 0 Å². The van der Waals surface area contributed by atoms with Gasteiger partial charge in [0.25, 0.3) is 5.91 Å². The van der Waals surface area contributed by atoms with E-state index < -0.39 is 18.0 Å². The average Bonchev–Trinajstić information content (AvgIpc) is 3.18. The number of fused-ring (bicyclic) bond motifs is 1. The van der Waals surface area contributed by atoms with Gasteiger partial charge in [0.05, 0.1) is 19.3 Å². The van der Waals surface area contributed by atoms with Crippen LogP contribution in [-0.2, 0) is 17.9 Å². The van der Waals surface area contributed by atoms with Crippen molar-refractivity contribution in [2.75, 3.05) is 0 Å². The standard InChI is InChI=1S/C21H26N6O3/c1-14(2)9-19(20(28)25-30)23-21(29)22-11-18-13-27(26-24-18)12-15-7-8-16-5-3-4-6-17(16)10-15/h3-8,10,13-14,19,30H,9,11-12H2,1-2H3,(H,25,28)(H2,22,23,29)/t19-/m0/s1. The third-order valence-electron chi connectivity index (χ3n) is 4.61. The van der Waals surface area contributed by atoms with E-state index in [1.54, 1.807) is 16.4 Å². The molecule has 30 heavy (non-hydrogen) atoms. The number of benzene rings is 2. The van der Waals surface area contributed by atoms with Gasteiger partial charge in [-0.2, -0.15) is 0 Å². The molecule has 1 aromatic heterocycles. The summed E-state index contributed by atoms with van der Waals surface area (Å²) in [6, 6.07) is 13.1. The zero-order chi connectivity index (χ0) is 21.5. The first-order valence-electron chi connectivity index (χ1n) is 9.79. The molecule has 0 radical (unpaired) electrons. The van der Waals surface area contributed by atoms with Crippen LogP contribution in [0.1, 0.15) is 31.5 Å². The van der Waals surface area contributed by atoms with Gasteiger partial charge in [-0.25, -0.2) is 15.0 Å². The topological polar surface area (TPSA) is 121 Å². The summed E-state index contributed by atoms with van der Waals surface area (Å²) in [5.74, 6) is -0.484. The molecular weight excluding hydrogens is 384 g/mol. The molecule has 0 aliphatic carbocycles. The lowest BCUT2D eigenvalue weighted by Crippen LogP contribution is -2.49. The Bertz CT molecular complexity index is 1020. The van der Waals surface area contributed by atoms with Gasteiger partial charge in [-0.15, -0.1) is 5.10 Å². The lowest BCUT2D eigenvalue weighted by molar-refractivity contribution is -0.131. The SMILES string of the molecule is CC(C)C[C@H](NC(=O)NCc1cn(Cc2ccc3ccccc3c2)nn1)C(=O)NO. The van der Waals surface area contributed by atoms with Crippen LogP contribution in [0.3, 0.4) is 0 Å². The average molecular weight is 410 g/mol. The second-order valence-electron chi connectivity index (χ2n) is 7.57. The summed E-state index contributed by atoms with van der Waals surface area (Å²) in [5.41, 5.74) is 3.27. The Morgan fingerprint density at radius 1 is 1.13 bits per heavy atom. The Morgan fingerprint density at radius 2 is 1.90 bits per heavy atom. The number of urea groups is 1. The first-order valence-corrected chi connectivity index (χ1v) is 9.79. The fourth-order valence-corrected chi connectivity index (χ4v) is 3.18. The van der Waals surface area contributed by atoms with E-state index in [9.17, 15) is 9.59 Å². The number of nitrogens with one attached hydrogen (secondary N) is 3. The Hall–Kier alpha value is -3.46. The highest BCUT2D eigenvalue weighted by molar-refractivity contribution is 5.86. The van der Waals surface area contributed by atoms with Gasteiger partial charge in [-0.3, -0.25) is 10.0 Å². The van der Waals surface area contributed by atoms with Crippen LogP contribution in [0.4, 0.5) is 4.79 Å². The fraction of sp³-hybridized carbons (Fsp3) is 0.333. The van der Waals surface area contributed by atoms with Crippen molar-refractivity contribution in [2.24, 2.45) is 5.92 Å². The molecule has 0 saturated heterocycles. The van der Waals surface area contributed by atoms with Crippen molar-refractivity contribution in [2.45, 2.75) is 39.4 Å². The molecule has 0 saturated carbocycles. The minimum atomic E-state index is -0.821. The van der Waals surface area contributed by atoms with Crippen molar-refractivity contribution in [3.63, 3.8) is 0 Å². The molecule has 0 fully saturated rings. The zero-order valence-electron chi connectivity index (χ0n) is 17.0. The van der Waals surface area contributed by atoms with Crippen molar-refractivity contribution in [3.05, 3.63) is 59.9 Å². The van der Waals surface area contributed by atoms with E-state index in [0.29, 0.717) is 18.7 Å². The predicted molar refractivity (Wildman–Crippen MR) is 112 cm³/mol. The molecule has 3 amide bonds. The molecule has 9 nitrogen and oxygen atoms in total. The minimum Gasteiger partial charge on any atom is -0.332 e. The van der Waals surface area contributed by atoms with E-state index >= 15 is 0 Å². The maximum absolute atomic E-state index is 12.1. The number of hydroxylamine groups is 1. The molecule has 1 heterocycles. The molecule has 0 unspecified atom stereocenters. The Kier molecular flexibility index (Phi) is 6.97. The zero-order valence-corrected chi connectivity index (χ0v) is 17.0. The molecule has 3 aromatic rings. The van der Waals surface area contributed by atoms with E-state index in [1.807, 2.05) is 26.0 Å². The number of nitrogens with zero attached hydrogens (tertiary/aromatic N) is 3. The van der Waals surface area contributed by atoms with Crippen molar-refractivity contribution in [1.29, 1.82) is 0 Å². The smallest absolute Gasteiger partial charge is 0.315 e.